The fraction of sp³-hybridized carbons (Fsp3) is 0.412. The van der Waals surface area contributed by atoms with E-state index in [-0.39, 0.29) is 11.3 Å². The summed E-state index contributed by atoms with van der Waals surface area (Å²) < 4.78 is 6.64. The lowest BCUT2D eigenvalue weighted by Gasteiger charge is -2.15. The zero-order valence-electron chi connectivity index (χ0n) is 13.2. The highest BCUT2D eigenvalue weighted by molar-refractivity contribution is 7.75. The molecule has 0 aliphatic heterocycles. The normalized spacial score (nSPS) is 14.0. The Balaban J connectivity index is 2.24. The van der Waals surface area contributed by atoms with Crippen molar-refractivity contribution in [3.63, 3.8) is 0 Å². The molecule has 0 bridgehead atoms. The number of hydrogen-bond donors (Lipinski definition) is 2. The Kier molecular flexibility index (Phi) is 4.35. The van der Waals surface area contributed by atoms with Crippen LogP contribution in [0.5, 0.6) is 11.5 Å². The van der Waals surface area contributed by atoms with Crippen molar-refractivity contribution >= 4 is 12.9 Å². The third kappa shape index (κ3) is 3.08. The van der Waals surface area contributed by atoms with Gasteiger partial charge in [0, 0.05) is 20.0 Å². The van der Waals surface area contributed by atoms with Crippen molar-refractivity contribution in [2.75, 3.05) is 0 Å². The van der Waals surface area contributed by atoms with Crippen LogP contribution < -0.4 is 9.74 Å². The van der Waals surface area contributed by atoms with Crippen LogP contribution in [0.2, 0.25) is 0 Å². The lowest BCUT2D eigenvalue weighted by Crippen LogP contribution is -2.24. The van der Waals surface area contributed by atoms with Gasteiger partial charge in [-0.3, -0.25) is 4.79 Å². The molecule has 0 saturated heterocycles. The lowest BCUT2D eigenvalue weighted by atomic mass is 9.97. The minimum absolute atomic E-state index is 0.183. The van der Waals surface area contributed by atoms with Crippen LogP contribution in [0.1, 0.15) is 31.0 Å². The van der Waals surface area contributed by atoms with Crippen LogP contribution in [0.15, 0.2) is 23.0 Å². The van der Waals surface area contributed by atoms with E-state index in [9.17, 15) is 9.90 Å². The fourth-order valence-corrected chi connectivity index (χ4v) is 3.05. The van der Waals surface area contributed by atoms with Gasteiger partial charge < -0.3 is 9.29 Å². The number of thiol groups is 1. The summed E-state index contributed by atoms with van der Waals surface area (Å²) in [5.74, 6) is 1.23. The van der Waals surface area contributed by atoms with Crippen LogP contribution >= 0.6 is 12.9 Å². The summed E-state index contributed by atoms with van der Waals surface area (Å²) in [4.78, 5) is 12.7. The molecular formula is C17H20N2O3S. The number of phenols is 1. The Labute approximate surface area is 140 Å². The van der Waals surface area contributed by atoms with Crippen LogP contribution in [-0.4, -0.2) is 14.9 Å². The van der Waals surface area contributed by atoms with E-state index in [1.54, 1.807) is 25.2 Å². The van der Waals surface area contributed by atoms with E-state index < -0.39 is 0 Å². The van der Waals surface area contributed by atoms with Crippen LogP contribution in [0.25, 0.3) is 11.1 Å². The number of nitrogens with zero attached hydrogens (tertiary/aromatic N) is 2. The smallest absolute Gasteiger partial charge is 0.278 e. The second kappa shape index (κ2) is 6.28. The molecule has 2 aromatic rings. The standard InChI is InChI=1S/C17H20N2O3S/c1-3-11-9-12(20)6-7-13(11)15-16(22-23)14(8-10-4-5-10)18-19(2)17(15)21/h6-7,9-10,20,23H,3-5,8H2,1-2H3. The fourth-order valence-electron chi connectivity index (χ4n) is 2.86. The van der Waals surface area contributed by atoms with Crippen molar-refractivity contribution in [2.24, 2.45) is 13.0 Å². The number of aryl methyl sites for hydroxylation is 2. The van der Waals surface area contributed by atoms with E-state index in [1.807, 2.05) is 6.92 Å². The van der Waals surface area contributed by atoms with E-state index in [0.29, 0.717) is 23.7 Å². The highest BCUT2D eigenvalue weighted by Crippen LogP contribution is 2.38. The topological polar surface area (TPSA) is 64.3 Å². The summed E-state index contributed by atoms with van der Waals surface area (Å²) in [6.07, 6.45) is 3.85. The molecule has 122 valence electrons. The molecule has 1 aliphatic carbocycles. The summed E-state index contributed by atoms with van der Waals surface area (Å²) in [6, 6.07) is 5.01. The first-order valence-electron chi connectivity index (χ1n) is 7.79. The summed E-state index contributed by atoms with van der Waals surface area (Å²) in [7, 11) is 1.65. The molecule has 1 aromatic heterocycles. The maximum atomic E-state index is 12.7. The van der Waals surface area contributed by atoms with Gasteiger partial charge in [-0.2, -0.15) is 5.10 Å². The second-order valence-electron chi connectivity index (χ2n) is 6.01. The number of aromatic hydroxyl groups is 1. The molecule has 1 saturated carbocycles. The molecule has 3 rings (SSSR count). The third-order valence-corrected chi connectivity index (χ3v) is 4.46. The molecule has 5 nitrogen and oxygen atoms in total. The highest BCUT2D eigenvalue weighted by atomic mass is 32.1. The zero-order valence-corrected chi connectivity index (χ0v) is 14.1. The van der Waals surface area contributed by atoms with Crippen molar-refractivity contribution in [3.8, 4) is 22.6 Å². The van der Waals surface area contributed by atoms with Crippen molar-refractivity contribution in [2.45, 2.75) is 32.6 Å². The molecule has 1 aromatic carbocycles. The predicted octanol–water partition coefficient (Wildman–Crippen LogP) is 2.89. The molecule has 0 radical (unpaired) electrons. The van der Waals surface area contributed by atoms with Crippen LogP contribution in [0.3, 0.4) is 0 Å². The summed E-state index contributed by atoms with van der Waals surface area (Å²) in [5.41, 5.74) is 2.64. The van der Waals surface area contributed by atoms with Gasteiger partial charge in [-0.15, -0.1) is 0 Å². The van der Waals surface area contributed by atoms with Crippen molar-refractivity contribution < 1.29 is 9.29 Å². The van der Waals surface area contributed by atoms with Gasteiger partial charge in [0.05, 0.1) is 5.56 Å². The van der Waals surface area contributed by atoms with Crippen molar-refractivity contribution in [3.05, 3.63) is 39.8 Å². The number of benzene rings is 1. The van der Waals surface area contributed by atoms with Gasteiger partial charge in [-0.25, -0.2) is 4.68 Å². The van der Waals surface area contributed by atoms with Crippen molar-refractivity contribution in [1.29, 1.82) is 0 Å². The van der Waals surface area contributed by atoms with E-state index in [0.717, 1.165) is 23.2 Å². The number of phenolic OH excluding ortho intramolecular Hbond substituents is 1. The van der Waals surface area contributed by atoms with Gasteiger partial charge in [-0.05, 0) is 54.9 Å². The quantitative estimate of drug-likeness (QED) is 0.653. The first-order valence-corrected chi connectivity index (χ1v) is 8.15. The Morgan fingerprint density at radius 3 is 2.78 bits per heavy atom. The number of rotatable bonds is 5. The number of aromatic nitrogens is 2. The van der Waals surface area contributed by atoms with Crippen LogP contribution in [0.4, 0.5) is 0 Å². The third-order valence-electron chi connectivity index (χ3n) is 4.28. The van der Waals surface area contributed by atoms with E-state index in [4.69, 9.17) is 4.18 Å². The van der Waals surface area contributed by atoms with Gasteiger partial charge in [-0.1, -0.05) is 13.0 Å². The van der Waals surface area contributed by atoms with Crippen molar-refractivity contribution in [1.82, 2.24) is 9.78 Å². The molecule has 6 heteroatoms. The molecule has 23 heavy (non-hydrogen) atoms. The Hall–Kier alpha value is -1.95. The average molecular weight is 332 g/mol. The average Bonchev–Trinajstić information content (AvgIpc) is 3.34. The second-order valence-corrected chi connectivity index (χ2v) is 6.20. The minimum Gasteiger partial charge on any atom is -0.508 e. The molecule has 1 N–H and O–H groups in total. The van der Waals surface area contributed by atoms with Crippen LogP contribution in [-0.2, 0) is 19.9 Å². The van der Waals surface area contributed by atoms with Gasteiger partial charge in [0.15, 0.2) is 5.75 Å². The molecule has 0 amide bonds. The summed E-state index contributed by atoms with van der Waals surface area (Å²) >= 11 is 3.97. The monoisotopic (exact) mass is 332 g/mol. The minimum atomic E-state index is -0.228. The number of hydrogen-bond acceptors (Lipinski definition) is 5. The first-order chi connectivity index (χ1) is 11.0. The lowest BCUT2D eigenvalue weighted by molar-refractivity contribution is 0.474. The largest absolute Gasteiger partial charge is 0.508 e. The van der Waals surface area contributed by atoms with Crippen LogP contribution in [0, 0.1) is 5.92 Å². The molecule has 0 unspecified atom stereocenters. The molecule has 0 spiro atoms. The van der Waals surface area contributed by atoms with Gasteiger partial charge in [0.2, 0.25) is 0 Å². The predicted molar refractivity (Wildman–Crippen MR) is 92.0 cm³/mol. The van der Waals surface area contributed by atoms with E-state index in [1.165, 1.54) is 17.5 Å². The molecule has 1 fully saturated rings. The molecular weight excluding hydrogens is 312 g/mol. The molecule has 1 heterocycles. The van der Waals surface area contributed by atoms with Gasteiger partial charge >= 0.3 is 0 Å². The first kappa shape index (κ1) is 15.9. The summed E-state index contributed by atoms with van der Waals surface area (Å²) in [6.45, 7) is 1.98. The molecule has 0 atom stereocenters. The summed E-state index contributed by atoms with van der Waals surface area (Å²) in [5, 5.41) is 14.1. The molecule has 1 aliphatic rings. The maximum absolute atomic E-state index is 12.7. The Morgan fingerprint density at radius 1 is 1.43 bits per heavy atom. The highest BCUT2D eigenvalue weighted by Gasteiger charge is 2.27. The Morgan fingerprint density at radius 2 is 2.17 bits per heavy atom. The van der Waals surface area contributed by atoms with E-state index in [2.05, 4.69) is 18.0 Å². The van der Waals surface area contributed by atoms with E-state index >= 15 is 0 Å². The Bertz CT molecular complexity index is 797. The van der Waals surface area contributed by atoms with Gasteiger partial charge in [0.1, 0.15) is 11.4 Å². The van der Waals surface area contributed by atoms with Gasteiger partial charge in [0.25, 0.3) is 5.56 Å². The maximum Gasteiger partial charge on any atom is 0.278 e. The zero-order chi connectivity index (χ0) is 16.6. The SMILES string of the molecule is CCc1cc(O)ccc1-c1c(OS)c(CC2CC2)nn(C)c1=O.